The Morgan fingerprint density at radius 3 is 2.60 bits per heavy atom. The molecule has 1 aliphatic heterocycles. The molecule has 1 fully saturated rings. The normalized spacial score (nSPS) is 16.4. The van der Waals surface area contributed by atoms with Gasteiger partial charge in [0.1, 0.15) is 0 Å². The Hall–Kier alpha value is -1.60. The minimum atomic E-state index is -0.445. The molecule has 0 aliphatic carbocycles. The number of rotatable bonds is 3. The fourth-order valence-electron chi connectivity index (χ4n) is 2.01. The van der Waals surface area contributed by atoms with Gasteiger partial charge in [0.05, 0.1) is 13.2 Å². The number of halogens is 1. The van der Waals surface area contributed by atoms with Crippen LogP contribution in [0.4, 0.5) is 5.95 Å². The summed E-state index contributed by atoms with van der Waals surface area (Å²) in [6.45, 7) is 4.39. The molecule has 1 amide bonds. The number of hydrogen-bond acceptors (Lipinski definition) is 6. The van der Waals surface area contributed by atoms with Crippen LogP contribution in [0, 0.1) is 0 Å². The van der Waals surface area contributed by atoms with E-state index in [4.69, 9.17) is 10.5 Å². The van der Waals surface area contributed by atoms with Gasteiger partial charge in [0.2, 0.25) is 17.7 Å². The van der Waals surface area contributed by atoms with Gasteiger partial charge >= 0.3 is 0 Å². The number of hydrogen-bond donors (Lipinski definition) is 1. The number of carbonyl (C=O) groups excluding carboxylic acids is 1. The van der Waals surface area contributed by atoms with Crippen molar-refractivity contribution in [2.24, 2.45) is 5.73 Å². The second-order valence-corrected chi connectivity index (χ2v) is 4.50. The number of amides is 1. The van der Waals surface area contributed by atoms with E-state index in [-0.39, 0.29) is 18.3 Å². The SMILES string of the molecule is COc1ccnc(N2CCN(C(=O)C(C)N)CC2)n1.Cl. The van der Waals surface area contributed by atoms with Crippen molar-refractivity contribution >= 4 is 24.3 Å². The van der Waals surface area contributed by atoms with Gasteiger partial charge in [-0.3, -0.25) is 4.79 Å². The highest BCUT2D eigenvalue weighted by molar-refractivity contribution is 5.85. The van der Waals surface area contributed by atoms with Crippen molar-refractivity contribution < 1.29 is 9.53 Å². The molecular weight excluding hydrogens is 282 g/mol. The lowest BCUT2D eigenvalue weighted by molar-refractivity contribution is -0.132. The van der Waals surface area contributed by atoms with E-state index < -0.39 is 6.04 Å². The number of nitrogens with zero attached hydrogens (tertiary/aromatic N) is 4. The van der Waals surface area contributed by atoms with Crippen molar-refractivity contribution in [3.8, 4) is 5.88 Å². The van der Waals surface area contributed by atoms with Crippen molar-refractivity contribution in [1.82, 2.24) is 14.9 Å². The Balaban J connectivity index is 0.00000200. The molecule has 20 heavy (non-hydrogen) atoms. The van der Waals surface area contributed by atoms with Gasteiger partial charge in [0.15, 0.2) is 0 Å². The number of carbonyl (C=O) groups is 1. The smallest absolute Gasteiger partial charge is 0.239 e. The van der Waals surface area contributed by atoms with Gasteiger partial charge in [0.25, 0.3) is 0 Å². The van der Waals surface area contributed by atoms with E-state index in [2.05, 4.69) is 9.97 Å². The average molecular weight is 302 g/mol. The predicted octanol–water partition coefficient (Wildman–Crippen LogP) is -0.0972. The maximum Gasteiger partial charge on any atom is 0.239 e. The molecule has 112 valence electrons. The number of aromatic nitrogens is 2. The Bertz CT molecular complexity index is 449. The molecule has 0 spiro atoms. The molecule has 8 heteroatoms. The molecule has 1 unspecified atom stereocenters. The maximum absolute atomic E-state index is 11.8. The summed E-state index contributed by atoms with van der Waals surface area (Å²) < 4.78 is 5.08. The Morgan fingerprint density at radius 1 is 1.40 bits per heavy atom. The summed E-state index contributed by atoms with van der Waals surface area (Å²) >= 11 is 0. The molecule has 7 nitrogen and oxygen atoms in total. The van der Waals surface area contributed by atoms with Crippen molar-refractivity contribution in [1.29, 1.82) is 0 Å². The van der Waals surface area contributed by atoms with Gasteiger partial charge in [0, 0.05) is 38.4 Å². The van der Waals surface area contributed by atoms with E-state index in [9.17, 15) is 4.79 Å². The van der Waals surface area contributed by atoms with Crippen molar-refractivity contribution in [3.05, 3.63) is 12.3 Å². The standard InChI is InChI=1S/C12H19N5O2.ClH/c1-9(13)11(18)16-5-7-17(8-6-16)12-14-4-3-10(15-12)19-2;/h3-4,9H,5-8,13H2,1-2H3;1H. The summed E-state index contributed by atoms with van der Waals surface area (Å²) in [7, 11) is 1.57. The van der Waals surface area contributed by atoms with E-state index in [1.54, 1.807) is 31.2 Å². The molecule has 1 atom stereocenters. The minimum Gasteiger partial charge on any atom is -0.481 e. The number of methoxy groups -OCH3 is 1. The van der Waals surface area contributed by atoms with E-state index in [0.29, 0.717) is 38.0 Å². The van der Waals surface area contributed by atoms with Crippen LogP contribution in [-0.2, 0) is 4.79 Å². The summed E-state index contributed by atoms with van der Waals surface area (Å²) in [6.07, 6.45) is 1.67. The molecular formula is C12H20ClN5O2. The van der Waals surface area contributed by atoms with Crippen LogP contribution >= 0.6 is 12.4 Å². The quantitative estimate of drug-likeness (QED) is 0.839. The van der Waals surface area contributed by atoms with Crippen molar-refractivity contribution in [3.63, 3.8) is 0 Å². The first-order chi connectivity index (χ1) is 9.11. The Labute approximate surface area is 124 Å². The van der Waals surface area contributed by atoms with Gasteiger partial charge in [-0.25, -0.2) is 4.98 Å². The van der Waals surface area contributed by atoms with Crippen LogP contribution in [0.5, 0.6) is 5.88 Å². The lowest BCUT2D eigenvalue weighted by atomic mass is 10.2. The van der Waals surface area contributed by atoms with E-state index in [1.165, 1.54) is 0 Å². The summed E-state index contributed by atoms with van der Waals surface area (Å²) in [5.74, 6) is 1.16. The second-order valence-electron chi connectivity index (χ2n) is 4.50. The first-order valence-electron chi connectivity index (χ1n) is 6.28. The first kappa shape index (κ1) is 16.5. The molecule has 2 heterocycles. The first-order valence-corrected chi connectivity index (χ1v) is 6.28. The molecule has 1 aromatic heterocycles. The number of anilines is 1. The van der Waals surface area contributed by atoms with E-state index in [0.717, 1.165) is 0 Å². The predicted molar refractivity (Wildman–Crippen MR) is 78.3 cm³/mol. The molecule has 1 aromatic rings. The third-order valence-corrected chi connectivity index (χ3v) is 3.09. The fraction of sp³-hybridized carbons (Fsp3) is 0.583. The van der Waals surface area contributed by atoms with Crippen LogP contribution in [0.1, 0.15) is 6.92 Å². The van der Waals surface area contributed by atoms with Crippen LogP contribution in [0.25, 0.3) is 0 Å². The highest BCUT2D eigenvalue weighted by Crippen LogP contribution is 2.14. The lowest BCUT2D eigenvalue weighted by Crippen LogP contribution is -2.52. The summed E-state index contributed by atoms with van der Waals surface area (Å²) in [5.41, 5.74) is 5.60. The topological polar surface area (TPSA) is 84.6 Å². The molecule has 1 aliphatic rings. The van der Waals surface area contributed by atoms with Gasteiger partial charge in [-0.1, -0.05) is 0 Å². The van der Waals surface area contributed by atoms with Crippen LogP contribution in [-0.4, -0.2) is 60.1 Å². The zero-order valence-electron chi connectivity index (χ0n) is 11.7. The molecule has 0 aromatic carbocycles. The maximum atomic E-state index is 11.8. The van der Waals surface area contributed by atoms with Gasteiger partial charge in [-0.15, -0.1) is 12.4 Å². The third kappa shape index (κ3) is 3.71. The summed E-state index contributed by atoms with van der Waals surface area (Å²) in [5, 5.41) is 0. The van der Waals surface area contributed by atoms with Crippen LogP contribution < -0.4 is 15.4 Å². The third-order valence-electron chi connectivity index (χ3n) is 3.09. The van der Waals surface area contributed by atoms with Gasteiger partial charge in [-0.2, -0.15) is 4.98 Å². The molecule has 0 bridgehead atoms. The van der Waals surface area contributed by atoms with Crippen molar-refractivity contribution in [2.45, 2.75) is 13.0 Å². The largest absolute Gasteiger partial charge is 0.481 e. The number of nitrogens with two attached hydrogens (primary N) is 1. The summed E-state index contributed by atoms with van der Waals surface area (Å²) in [4.78, 5) is 24.1. The molecule has 2 rings (SSSR count). The summed E-state index contributed by atoms with van der Waals surface area (Å²) in [6, 6.07) is 1.26. The van der Waals surface area contributed by atoms with Crippen molar-refractivity contribution in [2.75, 3.05) is 38.2 Å². The highest BCUT2D eigenvalue weighted by Gasteiger charge is 2.24. The lowest BCUT2D eigenvalue weighted by Gasteiger charge is -2.35. The number of piperazine rings is 1. The zero-order chi connectivity index (χ0) is 13.8. The van der Waals surface area contributed by atoms with Gasteiger partial charge < -0.3 is 20.3 Å². The molecule has 2 N–H and O–H groups in total. The van der Waals surface area contributed by atoms with Crippen LogP contribution in [0.2, 0.25) is 0 Å². The van der Waals surface area contributed by atoms with E-state index >= 15 is 0 Å². The molecule has 0 radical (unpaired) electrons. The molecule has 0 saturated carbocycles. The monoisotopic (exact) mass is 301 g/mol. The minimum absolute atomic E-state index is 0. The number of ether oxygens (including phenoxy) is 1. The zero-order valence-corrected chi connectivity index (χ0v) is 12.5. The van der Waals surface area contributed by atoms with Crippen LogP contribution in [0.3, 0.4) is 0 Å². The highest BCUT2D eigenvalue weighted by atomic mass is 35.5. The van der Waals surface area contributed by atoms with Crippen LogP contribution in [0.15, 0.2) is 12.3 Å². The molecule has 1 saturated heterocycles. The fourth-order valence-corrected chi connectivity index (χ4v) is 2.01. The Kier molecular flexibility index (Phi) is 5.97. The van der Waals surface area contributed by atoms with Gasteiger partial charge in [-0.05, 0) is 6.92 Å². The Morgan fingerprint density at radius 2 is 2.05 bits per heavy atom. The average Bonchev–Trinajstić information content (AvgIpc) is 2.46. The second kappa shape index (κ2) is 7.25. The van der Waals surface area contributed by atoms with E-state index in [1.807, 2.05) is 4.90 Å².